The molecule has 2 aromatic rings. The Morgan fingerprint density at radius 2 is 1.16 bits per heavy atom. The van der Waals surface area contributed by atoms with Gasteiger partial charge in [-0.15, -0.1) is 0 Å². The first-order valence-corrected chi connectivity index (χ1v) is 12.3. The number of rotatable bonds is 4. The largest absolute Gasteiger partial charge is 0.313 e. The summed E-state index contributed by atoms with van der Waals surface area (Å²) in [5.41, 5.74) is 2.29. The molecule has 1 aliphatic rings. The van der Waals surface area contributed by atoms with E-state index in [0.29, 0.717) is 24.2 Å². The first-order chi connectivity index (χ1) is 15.5. The van der Waals surface area contributed by atoms with E-state index in [1.807, 2.05) is 24.5 Å². The molecule has 6 heteroatoms. The molecule has 0 amide bonds. The minimum Gasteiger partial charge on any atom is -0.313 e. The van der Waals surface area contributed by atoms with Gasteiger partial charge in [-0.05, 0) is 77.9 Å². The average Bonchev–Trinajstić information content (AvgIpc) is 2.79. The molecule has 0 aliphatic carbocycles. The Morgan fingerprint density at radius 1 is 0.719 bits per heavy atom. The molecule has 1 aliphatic heterocycles. The predicted molar refractivity (Wildman–Crippen MR) is 132 cm³/mol. The summed E-state index contributed by atoms with van der Waals surface area (Å²) >= 11 is 0. The molecule has 3 heterocycles. The van der Waals surface area contributed by atoms with Gasteiger partial charge in [0.1, 0.15) is 0 Å². The third-order valence-electron chi connectivity index (χ3n) is 6.56. The minimum atomic E-state index is 0.437. The van der Waals surface area contributed by atoms with Gasteiger partial charge in [0.2, 0.25) is 0 Å². The van der Waals surface area contributed by atoms with Crippen LogP contribution >= 0.6 is 0 Å². The molecule has 1 saturated heterocycles. The van der Waals surface area contributed by atoms with E-state index in [-0.39, 0.29) is 0 Å². The smallest absolute Gasteiger partial charge is 0.0544 e. The van der Waals surface area contributed by atoms with Gasteiger partial charge in [-0.2, -0.15) is 0 Å². The van der Waals surface area contributed by atoms with Crippen LogP contribution in [0.25, 0.3) is 0 Å². The second-order valence-corrected chi connectivity index (χ2v) is 9.49. The molecule has 0 radical (unpaired) electrons. The van der Waals surface area contributed by atoms with Crippen molar-refractivity contribution in [3.05, 3.63) is 60.2 Å². The summed E-state index contributed by atoms with van der Waals surface area (Å²) in [4.78, 5) is 14.3. The lowest BCUT2D eigenvalue weighted by molar-refractivity contribution is 0.149. The molecule has 2 N–H and O–H groups in total. The Morgan fingerprint density at radius 3 is 1.53 bits per heavy atom. The van der Waals surface area contributed by atoms with Crippen molar-refractivity contribution in [1.82, 2.24) is 30.4 Å². The predicted octanol–water partition coefficient (Wildman–Crippen LogP) is 3.31. The monoisotopic (exact) mass is 438 g/mol. The quantitative estimate of drug-likeness (QED) is 0.764. The third-order valence-corrected chi connectivity index (χ3v) is 6.56. The van der Waals surface area contributed by atoms with Crippen molar-refractivity contribution in [3.8, 4) is 0 Å². The van der Waals surface area contributed by atoms with Crippen LogP contribution in [0.15, 0.2) is 48.8 Å². The highest BCUT2D eigenvalue weighted by molar-refractivity contribution is 5.04. The summed E-state index contributed by atoms with van der Waals surface area (Å²) < 4.78 is 0. The topological polar surface area (TPSA) is 56.3 Å². The highest BCUT2D eigenvalue weighted by Gasteiger charge is 2.21. The maximum absolute atomic E-state index is 4.57. The number of aromatic nitrogens is 2. The van der Waals surface area contributed by atoms with Gasteiger partial charge in [0.25, 0.3) is 0 Å². The lowest BCUT2D eigenvalue weighted by Gasteiger charge is -2.35. The zero-order chi connectivity index (χ0) is 22.8. The molecule has 6 nitrogen and oxygen atoms in total. The van der Waals surface area contributed by atoms with Crippen molar-refractivity contribution in [2.45, 2.75) is 77.8 Å². The maximum Gasteiger partial charge on any atom is 0.0544 e. The Hall–Kier alpha value is -1.86. The van der Waals surface area contributed by atoms with Crippen LogP contribution in [-0.2, 0) is 13.1 Å². The molecule has 1 fully saturated rings. The zero-order valence-electron chi connectivity index (χ0n) is 20.4. The molecule has 4 unspecified atom stereocenters. The van der Waals surface area contributed by atoms with Gasteiger partial charge in [-0.1, -0.05) is 12.1 Å². The van der Waals surface area contributed by atoms with Crippen molar-refractivity contribution in [2.24, 2.45) is 0 Å². The molecule has 0 saturated carbocycles. The van der Waals surface area contributed by atoms with E-state index in [0.717, 1.165) is 63.5 Å². The molecule has 2 aromatic heterocycles. The summed E-state index contributed by atoms with van der Waals surface area (Å²) in [7, 11) is 0. The van der Waals surface area contributed by atoms with E-state index in [2.05, 4.69) is 82.4 Å². The van der Waals surface area contributed by atoms with Gasteiger partial charge in [-0.25, -0.2) is 0 Å². The van der Waals surface area contributed by atoms with Gasteiger partial charge >= 0.3 is 0 Å². The molecule has 4 atom stereocenters. The second kappa shape index (κ2) is 13.0. The van der Waals surface area contributed by atoms with Gasteiger partial charge in [-0.3, -0.25) is 19.8 Å². The van der Waals surface area contributed by atoms with Crippen molar-refractivity contribution in [3.63, 3.8) is 0 Å². The van der Waals surface area contributed by atoms with E-state index in [1.165, 1.54) is 0 Å². The number of hydrogen-bond donors (Lipinski definition) is 2. The zero-order valence-corrected chi connectivity index (χ0v) is 20.4. The molecule has 0 spiro atoms. The van der Waals surface area contributed by atoms with Crippen molar-refractivity contribution in [1.29, 1.82) is 0 Å². The fourth-order valence-electron chi connectivity index (χ4n) is 4.48. The van der Waals surface area contributed by atoms with Crippen LogP contribution in [0.5, 0.6) is 0 Å². The molecular formula is C26H42N6. The third kappa shape index (κ3) is 8.24. The number of pyridine rings is 2. The van der Waals surface area contributed by atoms with Crippen LogP contribution in [0, 0.1) is 0 Å². The Bertz CT molecular complexity index is 690. The van der Waals surface area contributed by atoms with E-state index < -0.39 is 0 Å². The molecule has 3 rings (SSSR count). The van der Waals surface area contributed by atoms with Crippen molar-refractivity contribution >= 4 is 0 Å². The van der Waals surface area contributed by atoms with Crippen molar-refractivity contribution < 1.29 is 0 Å². The van der Waals surface area contributed by atoms with Crippen LogP contribution in [0.2, 0.25) is 0 Å². The Labute approximate surface area is 194 Å². The summed E-state index contributed by atoms with van der Waals surface area (Å²) in [6, 6.07) is 14.3. The van der Waals surface area contributed by atoms with E-state index in [9.17, 15) is 0 Å². The van der Waals surface area contributed by atoms with Crippen LogP contribution in [0.4, 0.5) is 0 Å². The maximum atomic E-state index is 4.57. The highest BCUT2D eigenvalue weighted by atomic mass is 15.2. The fourth-order valence-corrected chi connectivity index (χ4v) is 4.48. The lowest BCUT2D eigenvalue weighted by atomic mass is 10.1. The van der Waals surface area contributed by atoms with E-state index in [1.54, 1.807) is 0 Å². The fraction of sp³-hybridized carbons (Fsp3) is 0.615. The van der Waals surface area contributed by atoms with Gasteiger partial charge in [0.05, 0.1) is 11.4 Å². The standard InChI is InChI=1S/C26H42N6/c1-21-17-31(19-25-9-5-7-13-29-25)23(3)12-16-28-22(2)18-32(24(4)11-15-27-21)20-26-10-6-8-14-30-26/h5-10,13-14,21-24,27-28H,11-12,15-20H2,1-4H3. The van der Waals surface area contributed by atoms with Crippen LogP contribution in [0.1, 0.15) is 51.9 Å². The van der Waals surface area contributed by atoms with Crippen LogP contribution in [-0.4, -0.2) is 70.1 Å². The average molecular weight is 439 g/mol. The van der Waals surface area contributed by atoms with Crippen LogP contribution < -0.4 is 10.6 Å². The van der Waals surface area contributed by atoms with Gasteiger partial charge in [0, 0.05) is 62.7 Å². The second-order valence-electron chi connectivity index (χ2n) is 9.49. The SMILES string of the molecule is CC1CN(Cc2ccccn2)C(C)CCNC(C)CN(Cc2ccccn2)C(C)CCN1. The molecule has 32 heavy (non-hydrogen) atoms. The summed E-state index contributed by atoms with van der Waals surface area (Å²) in [5.74, 6) is 0. The minimum absolute atomic E-state index is 0.437. The normalized spacial score (nSPS) is 27.6. The van der Waals surface area contributed by atoms with Crippen LogP contribution in [0.3, 0.4) is 0 Å². The Balaban J connectivity index is 1.64. The first-order valence-electron chi connectivity index (χ1n) is 12.3. The number of nitrogens with one attached hydrogen (secondary N) is 2. The lowest BCUT2D eigenvalue weighted by Crippen LogP contribution is -2.48. The summed E-state index contributed by atoms with van der Waals surface area (Å²) in [5, 5.41) is 7.56. The van der Waals surface area contributed by atoms with Crippen molar-refractivity contribution in [2.75, 3.05) is 26.2 Å². The molecule has 0 aromatic carbocycles. The summed E-state index contributed by atoms with van der Waals surface area (Å²) in [6.07, 6.45) is 6.04. The molecule has 0 bridgehead atoms. The van der Waals surface area contributed by atoms with Gasteiger partial charge in [0.15, 0.2) is 0 Å². The molecule has 176 valence electrons. The van der Waals surface area contributed by atoms with E-state index in [4.69, 9.17) is 0 Å². The molecular weight excluding hydrogens is 396 g/mol. The first kappa shape index (κ1) is 24.8. The van der Waals surface area contributed by atoms with E-state index >= 15 is 0 Å². The summed E-state index contributed by atoms with van der Waals surface area (Å²) in [6.45, 7) is 15.2. The van der Waals surface area contributed by atoms with Gasteiger partial charge < -0.3 is 10.6 Å². The highest BCUT2D eigenvalue weighted by Crippen LogP contribution is 2.13. The number of nitrogens with zero attached hydrogens (tertiary/aromatic N) is 4. The number of hydrogen-bond acceptors (Lipinski definition) is 6. The Kier molecular flexibility index (Phi) is 10.1.